The van der Waals surface area contributed by atoms with E-state index >= 15 is 0 Å². The van der Waals surface area contributed by atoms with Gasteiger partial charge in [0.2, 0.25) is 10.0 Å². The van der Waals surface area contributed by atoms with E-state index in [4.69, 9.17) is 4.52 Å². The highest BCUT2D eigenvalue weighted by atomic mass is 32.2. The molecule has 0 unspecified atom stereocenters. The van der Waals surface area contributed by atoms with Crippen LogP contribution in [0.4, 0.5) is 11.4 Å². The number of nitrogens with zero attached hydrogens (tertiary/aromatic N) is 3. The molecule has 29 heavy (non-hydrogen) atoms. The van der Waals surface area contributed by atoms with Crippen molar-refractivity contribution in [1.82, 2.24) is 9.46 Å². The summed E-state index contributed by atoms with van der Waals surface area (Å²) in [6.07, 6.45) is 0. The Kier molecular flexibility index (Phi) is 5.66. The molecule has 0 aliphatic rings. The molecule has 0 aliphatic carbocycles. The van der Waals surface area contributed by atoms with Gasteiger partial charge in [-0.3, -0.25) is 10.1 Å². The van der Waals surface area contributed by atoms with Crippen molar-refractivity contribution in [2.45, 2.75) is 18.4 Å². The van der Waals surface area contributed by atoms with Crippen molar-refractivity contribution in [3.05, 3.63) is 70.0 Å². The summed E-state index contributed by atoms with van der Waals surface area (Å²) in [4.78, 5) is 10.4. The number of aromatic nitrogens is 1. The van der Waals surface area contributed by atoms with Gasteiger partial charge >= 0.3 is 0 Å². The minimum Gasteiger partial charge on any atom is -0.383 e. The summed E-state index contributed by atoms with van der Waals surface area (Å²) >= 11 is 0. The van der Waals surface area contributed by atoms with Crippen LogP contribution in [0.5, 0.6) is 0 Å². The Bertz CT molecular complexity index is 1140. The third-order valence-corrected chi connectivity index (χ3v) is 6.23. The first-order valence-electron chi connectivity index (χ1n) is 8.67. The summed E-state index contributed by atoms with van der Waals surface area (Å²) in [5.41, 5.74) is 2.48. The highest BCUT2D eigenvalue weighted by Crippen LogP contribution is 2.29. The molecule has 0 radical (unpaired) electrons. The van der Waals surface area contributed by atoms with Crippen LogP contribution >= 0.6 is 0 Å². The molecule has 0 aliphatic heterocycles. The van der Waals surface area contributed by atoms with E-state index in [0.717, 1.165) is 21.5 Å². The van der Waals surface area contributed by atoms with Gasteiger partial charge in [-0.1, -0.05) is 35.0 Å². The molecule has 0 amide bonds. The Labute approximate surface area is 168 Å². The predicted molar refractivity (Wildman–Crippen MR) is 108 cm³/mol. The number of aryl methyl sites for hydroxylation is 1. The quantitative estimate of drug-likeness (QED) is 0.463. The number of benzene rings is 2. The van der Waals surface area contributed by atoms with E-state index in [2.05, 4.69) is 10.5 Å². The molecule has 0 fully saturated rings. The maximum absolute atomic E-state index is 12.8. The van der Waals surface area contributed by atoms with E-state index < -0.39 is 14.9 Å². The van der Waals surface area contributed by atoms with E-state index in [1.807, 2.05) is 31.2 Å². The first kappa shape index (κ1) is 20.5. The van der Waals surface area contributed by atoms with E-state index in [-0.39, 0.29) is 22.8 Å². The standard InChI is InChI=1S/C19H20N4O5S/c1-13-4-6-14(7-5-13)18-10-15(28-21-18)12-22(3)29(26,27)16-8-9-17(20-2)19(11-16)23(24)25/h4-11,20H,12H2,1-3H3. The summed E-state index contributed by atoms with van der Waals surface area (Å²) in [5.74, 6) is 0.355. The van der Waals surface area contributed by atoms with E-state index in [1.54, 1.807) is 6.07 Å². The minimum atomic E-state index is -3.97. The lowest BCUT2D eigenvalue weighted by Crippen LogP contribution is -2.26. The van der Waals surface area contributed by atoms with Crippen LogP contribution in [0.1, 0.15) is 11.3 Å². The number of anilines is 1. The maximum atomic E-state index is 12.8. The number of nitrogens with one attached hydrogen (secondary N) is 1. The summed E-state index contributed by atoms with van der Waals surface area (Å²) in [6, 6.07) is 13.1. The second-order valence-corrected chi connectivity index (χ2v) is 8.54. The van der Waals surface area contributed by atoms with Crippen LogP contribution in [0, 0.1) is 17.0 Å². The average molecular weight is 416 g/mol. The molecule has 1 aromatic heterocycles. The third kappa shape index (κ3) is 4.28. The highest BCUT2D eigenvalue weighted by molar-refractivity contribution is 7.89. The van der Waals surface area contributed by atoms with Crippen molar-refractivity contribution in [3.8, 4) is 11.3 Å². The summed E-state index contributed by atoms with van der Waals surface area (Å²) in [5, 5.41) is 17.9. The van der Waals surface area contributed by atoms with Crippen molar-refractivity contribution in [2.24, 2.45) is 0 Å². The Morgan fingerprint density at radius 2 is 1.86 bits per heavy atom. The van der Waals surface area contributed by atoms with Crippen molar-refractivity contribution in [1.29, 1.82) is 0 Å². The van der Waals surface area contributed by atoms with Crippen molar-refractivity contribution < 1.29 is 17.9 Å². The molecule has 2 aromatic carbocycles. The molecule has 3 rings (SSSR count). The zero-order valence-corrected chi connectivity index (χ0v) is 16.9. The second-order valence-electron chi connectivity index (χ2n) is 6.49. The third-order valence-electron chi connectivity index (χ3n) is 4.43. The molecule has 1 heterocycles. The molecule has 0 atom stereocenters. The van der Waals surface area contributed by atoms with Gasteiger partial charge in [-0.2, -0.15) is 4.31 Å². The minimum absolute atomic E-state index is 0.0667. The van der Waals surface area contributed by atoms with Gasteiger partial charge in [0.15, 0.2) is 5.76 Å². The molecule has 0 saturated heterocycles. The Morgan fingerprint density at radius 3 is 2.48 bits per heavy atom. The van der Waals surface area contributed by atoms with Gasteiger partial charge in [-0.05, 0) is 19.1 Å². The summed E-state index contributed by atoms with van der Waals surface area (Å²) < 4.78 is 32.0. The summed E-state index contributed by atoms with van der Waals surface area (Å²) in [7, 11) is -1.06. The van der Waals surface area contributed by atoms with Crippen LogP contribution in [0.2, 0.25) is 0 Å². The number of nitro groups is 1. The van der Waals surface area contributed by atoms with Gasteiger partial charge in [-0.25, -0.2) is 8.42 Å². The lowest BCUT2D eigenvalue weighted by Gasteiger charge is -2.16. The second kappa shape index (κ2) is 8.02. The number of nitro benzene ring substituents is 1. The SMILES string of the molecule is CNc1ccc(S(=O)(=O)N(C)Cc2cc(-c3ccc(C)cc3)no2)cc1[N+](=O)[O-]. The van der Waals surface area contributed by atoms with E-state index in [0.29, 0.717) is 11.5 Å². The van der Waals surface area contributed by atoms with Crippen LogP contribution in [0.3, 0.4) is 0 Å². The smallest absolute Gasteiger partial charge is 0.293 e. The van der Waals surface area contributed by atoms with Gasteiger partial charge in [0.1, 0.15) is 11.4 Å². The van der Waals surface area contributed by atoms with E-state index in [9.17, 15) is 18.5 Å². The van der Waals surface area contributed by atoms with Crippen molar-refractivity contribution in [2.75, 3.05) is 19.4 Å². The van der Waals surface area contributed by atoms with Crippen molar-refractivity contribution in [3.63, 3.8) is 0 Å². The van der Waals surface area contributed by atoms with Crippen LogP contribution in [0.15, 0.2) is 57.9 Å². The zero-order valence-electron chi connectivity index (χ0n) is 16.1. The van der Waals surface area contributed by atoms with Crippen LogP contribution in [0.25, 0.3) is 11.3 Å². The number of sulfonamides is 1. The first-order chi connectivity index (χ1) is 13.7. The van der Waals surface area contributed by atoms with Crippen LogP contribution < -0.4 is 5.32 Å². The highest BCUT2D eigenvalue weighted by Gasteiger charge is 2.26. The fraction of sp³-hybridized carbons (Fsp3) is 0.211. The van der Waals surface area contributed by atoms with Gasteiger partial charge in [-0.15, -0.1) is 0 Å². The number of rotatable bonds is 7. The Morgan fingerprint density at radius 1 is 1.17 bits per heavy atom. The molecule has 10 heteroatoms. The molecule has 3 aromatic rings. The number of hydrogen-bond donors (Lipinski definition) is 1. The topological polar surface area (TPSA) is 119 Å². The fourth-order valence-corrected chi connectivity index (χ4v) is 3.92. The Hall–Kier alpha value is -3.24. The summed E-state index contributed by atoms with van der Waals surface area (Å²) in [6.45, 7) is 1.91. The lowest BCUT2D eigenvalue weighted by atomic mass is 10.1. The number of hydrogen-bond acceptors (Lipinski definition) is 7. The van der Waals surface area contributed by atoms with Gasteiger partial charge < -0.3 is 9.84 Å². The Balaban J connectivity index is 1.83. The molecular formula is C19H20N4O5S. The maximum Gasteiger partial charge on any atom is 0.293 e. The van der Waals surface area contributed by atoms with Gasteiger partial charge in [0.25, 0.3) is 5.69 Å². The predicted octanol–water partition coefficient (Wildman–Crippen LogP) is 3.42. The molecule has 0 bridgehead atoms. The fourth-order valence-electron chi connectivity index (χ4n) is 2.77. The average Bonchev–Trinajstić information content (AvgIpc) is 3.16. The molecule has 0 saturated carbocycles. The first-order valence-corrected chi connectivity index (χ1v) is 10.1. The molecule has 0 spiro atoms. The molecular weight excluding hydrogens is 396 g/mol. The molecule has 9 nitrogen and oxygen atoms in total. The monoisotopic (exact) mass is 416 g/mol. The van der Waals surface area contributed by atoms with Crippen molar-refractivity contribution >= 4 is 21.4 Å². The normalized spacial score (nSPS) is 11.6. The van der Waals surface area contributed by atoms with Crippen LogP contribution in [-0.4, -0.2) is 36.9 Å². The van der Waals surface area contributed by atoms with E-state index in [1.165, 1.54) is 26.2 Å². The lowest BCUT2D eigenvalue weighted by molar-refractivity contribution is -0.384. The molecule has 152 valence electrons. The molecule has 1 N–H and O–H groups in total. The largest absolute Gasteiger partial charge is 0.383 e. The van der Waals surface area contributed by atoms with Gasteiger partial charge in [0, 0.05) is 31.8 Å². The van der Waals surface area contributed by atoms with Gasteiger partial charge in [0.05, 0.1) is 16.4 Å². The zero-order chi connectivity index (χ0) is 21.2. The van der Waals surface area contributed by atoms with Crippen LogP contribution in [-0.2, 0) is 16.6 Å².